The van der Waals surface area contributed by atoms with E-state index >= 15 is 0 Å². The Kier molecular flexibility index (Phi) is 9.17. The lowest BCUT2D eigenvalue weighted by Crippen LogP contribution is -2.50. The van der Waals surface area contributed by atoms with Crippen LogP contribution >= 0.6 is 12.4 Å². The minimum absolute atomic E-state index is 0. The quantitative estimate of drug-likeness (QED) is 0.169. The summed E-state index contributed by atoms with van der Waals surface area (Å²) < 4.78 is 0. The number of hydrogen-bond donors (Lipinski definition) is 5. The van der Waals surface area contributed by atoms with Crippen LogP contribution in [-0.2, 0) is 4.79 Å². The zero-order chi connectivity index (χ0) is 29.2. The number of likely N-dealkylation sites (tertiary alicyclic amines) is 1. The van der Waals surface area contributed by atoms with Crippen LogP contribution in [0.5, 0.6) is 0 Å². The van der Waals surface area contributed by atoms with Gasteiger partial charge in [0.15, 0.2) is 0 Å². The summed E-state index contributed by atoms with van der Waals surface area (Å²) in [7, 11) is 0. The van der Waals surface area contributed by atoms with Gasteiger partial charge in [0, 0.05) is 6.54 Å². The SMILES string of the molecule is CC(C)[C@H](NC(=O)O)C(=O)N1CCCC1c1ncc(-c2ccc(-c3ccc(-c4cnc(C5CCCN5)[nH]4)cc3)cc2)[nH]1.Cl. The molecule has 2 aromatic heterocycles. The van der Waals surface area contributed by atoms with Gasteiger partial charge in [-0.05, 0) is 60.4 Å². The highest BCUT2D eigenvalue weighted by molar-refractivity contribution is 5.86. The van der Waals surface area contributed by atoms with Crippen molar-refractivity contribution in [1.29, 1.82) is 0 Å². The van der Waals surface area contributed by atoms with E-state index in [1.807, 2.05) is 20.0 Å². The number of carbonyl (C=O) groups is 2. The summed E-state index contributed by atoms with van der Waals surface area (Å²) in [5.41, 5.74) is 6.25. The summed E-state index contributed by atoms with van der Waals surface area (Å²) in [5.74, 6) is 1.36. The van der Waals surface area contributed by atoms with Crippen LogP contribution in [0.3, 0.4) is 0 Å². The second-order valence-electron chi connectivity index (χ2n) is 11.5. The van der Waals surface area contributed by atoms with Crippen molar-refractivity contribution in [2.75, 3.05) is 13.1 Å². The maximum absolute atomic E-state index is 13.3. The lowest BCUT2D eigenvalue weighted by molar-refractivity contribution is -0.135. The molecule has 2 amide bonds. The molecule has 43 heavy (non-hydrogen) atoms. The second-order valence-corrected chi connectivity index (χ2v) is 11.5. The Morgan fingerprint density at radius 2 is 1.42 bits per heavy atom. The number of hydrogen-bond acceptors (Lipinski definition) is 5. The number of carboxylic acid groups (broad SMARTS) is 1. The third kappa shape index (κ3) is 6.45. The molecule has 0 bridgehead atoms. The van der Waals surface area contributed by atoms with Gasteiger partial charge in [-0.15, -0.1) is 12.4 Å². The van der Waals surface area contributed by atoms with Gasteiger partial charge in [-0.25, -0.2) is 14.8 Å². The second kappa shape index (κ2) is 13.0. The van der Waals surface area contributed by atoms with Gasteiger partial charge in [-0.3, -0.25) is 4.79 Å². The Hall–Kier alpha value is -4.15. The maximum atomic E-state index is 13.3. The molecule has 6 rings (SSSR count). The molecule has 0 saturated carbocycles. The highest BCUT2D eigenvalue weighted by Gasteiger charge is 2.37. The van der Waals surface area contributed by atoms with Crippen LogP contribution in [0.15, 0.2) is 60.9 Å². The van der Waals surface area contributed by atoms with Crippen LogP contribution in [0.2, 0.25) is 0 Å². The molecule has 5 N–H and O–H groups in total. The topological polar surface area (TPSA) is 139 Å². The molecule has 226 valence electrons. The Bertz CT molecular complexity index is 1540. The Labute approximate surface area is 257 Å². The van der Waals surface area contributed by atoms with E-state index in [1.54, 1.807) is 11.1 Å². The Balaban J connectivity index is 0.00000368. The van der Waals surface area contributed by atoms with Crippen molar-refractivity contribution >= 4 is 24.4 Å². The molecular formula is C32H38ClN7O3. The number of aromatic amines is 2. The first-order valence-electron chi connectivity index (χ1n) is 14.7. The number of aromatic nitrogens is 4. The number of benzene rings is 2. The molecule has 4 heterocycles. The summed E-state index contributed by atoms with van der Waals surface area (Å²) in [4.78, 5) is 42.4. The van der Waals surface area contributed by atoms with E-state index in [1.165, 1.54) is 6.42 Å². The van der Waals surface area contributed by atoms with Crippen molar-refractivity contribution in [2.45, 2.75) is 57.7 Å². The number of nitrogens with zero attached hydrogens (tertiary/aromatic N) is 3. The number of H-pyrrole nitrogens is 2. The van der Waals surface area contributed by atoms with Crippen LogP contribution < -0.4 is 10.6 Å². The molecule has 2 saturated heterocycles. The van der Waals surface area contributed by atoms with Crippen molar-refractivity contribution in [2.24, 2.45) is 5.92 Å². The number of rotatable bonds is 8. The van der Waals surface area contributed by atoms with Gasteiger partial charge < -0.3 is 30.6 Å². The zero-order valence-electron chi connectivity index (χ0n) is 24.3. The van der Waals surface area contributed by atoms with Crippen LogP contribution in [0.1, 0.15) is 63.3 Å². The molecule has 2 aliphatic rings. The van der Waals surface area contributed by atoms with E-state index in [0.717, 1.165) is 71.1 Å². The van der Waals surface area contributed by atoms with Crippen molar-refractivity contribution in [3.05, 3.63) is 72.6 Å². The summed E-state index contributed by atoms with van der Waals surface area (Å²) in [6.07, 6.45) is 6.44. The first-order valence-corrected chi connectivity index (χ1v) is 14.7. The third-order valence-electron chi connectivity index (χ3n) is 8.37. The lowest BCUT2D eigenvalue weighted by Gasteiger charge is -2.29. The Morgan fingerprint density at radius 3 is 1.95 bits per heavy atom. The molecule has 10 nitrogen and oxygen atoms in total. The first-order chi connectivity index (χ1) is 20.4. The zero-order valence-corrected chi connectivity index (χ0v) is 25.2. The fourth-order valence-electron chi connectivity index (χ4n) is 6.06. The molecule has 4 aromatic rings. The predicted octanol–water partition coefficient (Wildman–Crippen LogP) is 5.94. The van der Waals surface area contributed by atoms with Gasteiger partial charge in [0.25, 0.3) is 0 Å². The molecule has 11 heteroatoms. The van der Waals surface area contributed by atoms with Crippen molar-refractivity contribution in [3.63, 3.8) is 0 Å². The molecule has 0 aliphatic carbocycles. The minimum Gasteiger partial charge on any atom is -0.465 e. The molecule has 2 fully saturated rings. The van der Waals surface area contributed by atoms with Crippen LogP contribution in [-0.4, -0.2) is 61.1 Å². The number of carbonyl (C=O) groups excluding carboxylic acids is 1. The maximum Gasteiger partial charge on any atom is 0.405 e. The fourth-order valence-corrected chi connectivity index (χ4v) is 6.06. The van der Waals surface area contributed by atoms with Crippen molar-refractivity contribution in [3.8, 4) is 33.6 Å². The number of amides is 2. The van der Waals surface area contributed by atoms with Gasteiger partial charge in [0.05, 0.1) is 35.9 Å². The molecule has 2 unspecified atom stereocenters. The van der Waals surface area contributed by atoms with E-state index in [0.29, 0.717) is 12.6 Å². The van der Waals surface area contributed by atoms with Gasteiger partial charge >= 0.3 is 6.09 Å². The third-order valence-corrected chi connectivity index (χ3v) is 8.37. The van der Waals surface area contributed by atoms with E-state index in [4.69, 9.17) is 0 Å². The normalized spacial score (nSPS) is 18.9. The van der Waals surface area contributed by atoms with Crippen LogP contribution in [0.25, 0.3) is 33.6 Å². The van der Waals surface area contributed by atoms with Crippen LogP contribution in [0.4, 0.5) is 4.79 Å². The van der Waals surface area contributed by atoms with E-state index in [9.17, 15) is 14.7 Å². The Morgan fingerprint density at radius 1 is 0.860 bits per heavy atom. The molecule has 2 aliphatic heterocycles. The van der Waals surface area contributed by atoms with Gasteiger partial charge in [0.1, 0.15) is 17.7 Å². The van der Waals surface area contributed by atoms with Crippen molar-refractivity contribution < 1.29 is 14.7 Å². The average molecular weight is 604 g/mol. The largest absolute Gasteiger partial charge is 0.465 e. The standard InChI is InChI=1S/C32H37N7O3.ClH/c1-19(2)28(38-32(41)42)31(40)39-16-4-6-27(39)30-35-18-26(37-30)23-13-9-21(10-14-23)20-7-11-22(12-8-20)25-17-34-29(36-25)24-5-3-15-33-24;/h7-14,17-19,24,27-28,33,38H,3-6,15-16H2,1-2H3,(H,34,36)(H,35,37)(H,41,42);1H/t24?,27?,28-;/m0./s1. The molecular weight excluding hydrogens is 566 g/mol. The first kappa shape index (κ1) is 30.3. The highest BCUT2D eigenvalue weighted by Crippen LogP contribution is 2.33. The predicted molar refractivity (Wildman–Crippen MR) is 168 cm³/mol. The molecule has 0 spiro atoms. The van der Waals surface area contributed by atoms with Gasteiger partial charge in [-0.1, -0.05) is 62.4 Å². The molecule has 2 aromatic carbocycles. The molecule has 3 atom stereocenters. The van der Waals surface area contributed by atoms with E-state index in [-0.39, 0.29) is 30.3 Å². The summed E-state index contributed by atoms with van der Waals surface area (Å²) >= 11 is 0. The summed E-state index contributed by atoms with van der Waals surface area (Å²) in [6, 6.07) is 16.2. The molecule has 0 radical (unpaired) electrons. The van der Waals surface area contributed by atoms with E-state index < -0.39 is 12.1 Å². The monoisotopic (exact) mass is 603 g/mol. The average Bonchev–Trinajstić information content (AvgIpc) is 3.81. The number of halogens is 1. The smallest absolute Gasteiger partial charge is 0.405 e. The van der Waals surface area contributed by atoms with Crippen LogP contribution in [0, 0.1) is 5.92 Å². The summed E-state index contributed by atoms with van der Waals surface area (Å²) in [6.45, 7) is 5.31. The van der Waals surface area contributed by atoms with Gasteiger partial charge in [-0.2, -0.15) is 0 Å². The lowest BCUT2D eigenvalue weighted by atomic mass is 10.0. The summed E-state index contributed by atoms with van der Waals surface area (Å²) in [5, 5.41) is 15.1. The van der Waals surface area contributed by atoms with E-state index in [2.05, 4.69) is 79.1 Å². The van der Waals surface area contributed by atoms with Gasteiger partial charge in [0.2, 0.25) is 5.91 Å². The highest BCUT2D eigenvalue weighted by atomic mass is 35.5. The number of imidazole rings is 2. The minimum atomic E-state index is -1.19. The van der Waals surface area contributed by atoms with Crippen molar-refractivity contribution in [1.82, 2.24) is 35.5 Å². The number of nitrogens with one attached hydrogen (secondary N) is 4. The fraction of sp³-hybridized carbons (Fsp3) is 0.375.